The summed E-state index contributed by atoms with van der Waals surface area (Å²) in [5.74, 6) is 1.90. The average Bonchev–Trinajstić information content (AvgIpc) is 2.70. The summed E-state index contributed by atoms with van der Waals surface area (Å²) >= 11 is 0. The standard InChI is InChI=1S/C12H14N2O4/c1-2-7-5-13-12(18)14(11(7)17)9-3-8(6-15)10(16)4-9/h1,5,8-10,15-16H,3-4,6H2,(H,13,18). The Morgan fingerprint density at radius 2 is 2.22 bits per heavy atom. The van der Waals surface area contributed by atoms with E-state index in [9.17, 15) is 14.7 Å². The minimum Gasteiger partial charge on any atom is -0.396 e. The number of terminal acetylenes is 1. The number of rotatable bonds is 2. The topological polar surface area (TPSA) is 95.3 Å². The SMILES string of the molecule is C#Cc1c[nH]c(=O)n(C2CC(O)C(CO)C2)c1=O. The van der Waals surface area contributed by atoms with E-state index in [4.69, 9.17) is 11.5 Å². The molecule has 1 saturated carbocycles. The number of hydrogen-bond acceptors (Lipinski definition) is 4. The molecule has 0 aliphatic heterocycles. The molecule has 3 atom stereocenters. The molecule has 1 aromatic rings. The van der Waals surface area contributed by atoms with Gasteiger partial charge in [-0.25, -0.2) is 4.79 Å². The Bertz CT molecular complexity index is 595. The summed E-state index contributed by atoms with van der Waals surface area (Å²) in [6.07, 6.45) is 6.32. The van der Waals surface area contributed by atoms with Gasteiger partial charge in [0, 0.05) is 24.8 Å². The van der Waals surface area contributed by atoms with Crippen LogP contribution in [0.5, 0.6) is 0 Å². The smallest absolute Gasteiger partial charge is 0.328 e. The Labute approximate surface area is 103 Å². The molecule has 0 aromatic carbocycles. The fourth-order valence-electron chi connectivity index (χ4n) is 2.40. The second-order valence-electron chi connectivity index (χ2n) is 4.46. The number of H-pyrrole nitrogens is 1. The maximum absolute atomic E-state index is 12.0. The van der Waals surface area contributed by atoms with Crippen LogP contribution in [-0.4, -0.2) is 32.5 Å². The zero-order valence-corrected chi connectivity index (χ0v) is 9.67. The van der Waals surface area contributed by atoms with E-state index in [0.717, 1.165) is 4.57 Å². The van der Waals surface area contributed by atoms with Crippen molar-refractivity contribution in [2.45, 2.75) is 25.0 Å². The number of aromatic amines is 1. The molecule has 1 aliphatic rings. The van der Waals surface area contributed by atoms with E-state index in [1.807, 2.05) is 0 Å². The van der Waals surface area contributed by atoms with Crippen LogP contribution in [-0.2, 0) is 0 Å². The highest BCUT2D eigenvalue weighted by Gasteiger charge is 2.34. The van der Waals surface area contributed by atoms with Crippen LogP contribution in [0.15, 0.2) is 15.8 Å². The zero-order chi connectivity index (χ0) is 13.3. The minimum absolute atomic E-state index is 0.0801. The van der Waals surface area contributed by atoms with Crippen molar-refractivity contribution < 1.29 is 10.2 Å². The number of aliphatic hydroxyl groups excluding tert-OH is 2. The Kier molecular flexibility index (Phi) is 3.36. The second kappa shape index (κ2) is 4.80. The van der Waals surface area contributed by atoms with Crippen LogP contribution in [0.4, 0.5) is 0 Å². The van der Waals surface area contributed by atoms with Crippen molar-refractivity contribution in [1.82, 2.24) is 9.55 Å². The lowest BCUT2D eigenvalue weighted by molar-refractivity contribution is 0.0906. The van der Waals surface area contributed by atoms with Crippen molar-refractivity contribution in [2.75, 3.05) is 6.61 Å². The third kappa shape index (κ3) is 1.98. The van der Waals surface area contributed by atoms with Crippen molar-refractivity contribution in [3.05, 3.63) is 32.6 Å². The van der Waals surface area contributed by atoms with Crippen LogP contribution in [0, 0.1) is 18.3 Å². The largest absolute Gasteiger partial charge is 0.396 e. The summed E-state index contributed by atoms with van der Waals surface area (Å²) in [4.78, 5) is 26.1. The Balaban J connectivity index is 2.45. The van der Waals surface area contributed by atoms with Gasteiger partial charge in [0.25, 0.3) is 5.56 Å². The molecule has 18 heavy (non-hydrogen) atoms. The fourth-order valence-corrected chi connectivity index (χ4v) is 2.40. The molecule has 0 amide bonds. The van der Waals surface area contributed by atoms with Gasteiger partial charge in [0.2, 0.25) is 0 Å². The van der Waals surface area contributed by atoms with Gasteiger partial charge in [-0.1, -0.05) is 5.92 Å². The summed E-state index contributed by atoms with van der Waals surface area (Å²) in [5.41, 5.74) is -0.997. The summed E-state index contributed by atoms with van der Waals surface area (Å²) in [6.45, 7) is -0.168. The van der Waals surface area contributed by atoms with E-state index >= 15 is 0 Å². The van der Waals surface area contributed by atoms with Gasteiger partial charge < -0.3 is 15.2 Å². The Morgan fingerprint density at radius 3 is 2.78 bits per heavy atom. The van der Waals surface area contributed by atoms with Crippen LogP contribution in [0.3, 0.4) is 0 Å². The van der Waals surface area contributed by atoms with Crippen molar-refractivity contribution in [2.24, 2.45) is 5.92 Å². The number of nitrogens with zero attached hydrogens (tertiary/aromatic N) is 1. The summed E-state index contributed by atoms with van der Waals surface area (Å²) in [7, 11) is 0. The molecule has 1 heterocycles. The molecule has 96 valence electrons. The second-order valence-corrected chi connectivity index (χ2v) is 4.46. The van der Waals surface area contributed by atoms with Gasteiger partial charge in [-0.2, -0.15) is 0 Å². The van der Waals surface area contributed by atoms with E-state index < -0.39 is 23.4 Å². The summed E-state index contributed by atoms with van der Waals surface area (Å²) in [5, 5.41) is 18.8. The highest BCUT2D eigenvalue weighted by molar-refractivity contribution is 5.26. The third-order valence-corrected chi connectivity index (χ3v) is 3.40. The maximum atomic E-state index is 12.0. The first-order chi connectivity index (χ1) is 8.58. The molecule has 3 unspecified atom stereocenters. The molecular formula is C12H14N2O4. The molecule has 2 rings (SSSR count). The van der Waals surface area contributed by atoms with Gasteiger partial charge in [0.15, 0.2) is 0 Å². The van der Waals surface area contributed by atoms with Crippen molar-refractivity contribution in [1.29, 1.82) is 0 Å². The number of hydrogen-bond donors (Lipinski definition) is 3. The molecule has 0 saturated heterocycles. The quantitative estimate of drug-likeness (QED) is 0.576. The number of nitrogens with one attached hydrogen (secondary N) is 1. The monoisotopic (exact) mass is 250 g/mol. The summed E-state index contributed by atoms with van der Waals surface area (Å²) < 4.78 is 1.04. The molecule has 1 aliphatic carbocycles. The lowest BCUT2D eigenvalue weighted by Crippen LogP contribution is -2.38. The molecule has 0 bridgehead atoms. The molecular weight excluding hydrogens is 236 g/mol. The Hall–Kier alpha value is -1.84. The number of aromatic nitrogens is 2. The highest BCUT2D eigenvalue weighted by atomic mass is 16.3. The van der Waals surface area contributed by atoms with E-state index in [0.29, 0.717) is 6.42 Å². The first-order valence-electron chi connectivity index (χ1n) is 5.68. The molecule has 0 radical (unpaired) electrons. The molecule has 6 nitrogen and oxygen atoms in total. The lowest BCUT2D eigenvalue weighted by Gasteiger charge is -2.12. The predicted molar refractivity (Wildman–Crippen MR) is 64.1 cm³/mol. The maximum Gasteiger partial charge on any atom is 0.328 e. The van der Waals surface area contributed by atoms with Gasteiger partial charge >= 0.3 is 5.69 Å². The van der Waals surface area contributed by atoms with Gasteiger partial charge in [-0.05, 0) is 12.8 Å². The van der Waals surface area contributed by atoms with E-state index in [1.165, 1.54) is 6.20 Å². The van der Waals surface area contributed by atoms with Crippen LogP contribution in [0.2, 0.25) is 0 Å². The van der Waals surface area contributed by atoms with Crippen LogP contribution in [0.25, 0.3) is 0 Å². The zero-order valence-electron chi connectivity index (χ0n) is 9.67. The van der Waals surface area contributed by atoms with E-state index in [2.05, 4.69) is 10.9 Å². The van der Waals surface area contributed by atoms with Gasteiger partial charge in [0.05, 0.1) is 6.10 Å². The molecule has 0 spiro atoms. The molecule has 1 fully saturated rings. The van der Waals surface area contributed by atoms with Crippen LogP contribution in [0.1, 0.15) is 24.4 Å². The van der Waals surface area contributed by atoms with E-state index in [1.54, 1.807) is 0 Å². The van der Waals surface area contributed by atoms with Crippen LogP contribution >= 0.6 is 0 Å². The molecule has 6 heteroatoms. The van der Waals surface area contributed by atoms with E-state index in [-0.39, 0.29) is 24.5 Å². The first kappa shape index (κ1) is 12.6. The van der Waals surface area contributed by atoms with Crippen molar-refractivity contribution >= 4 is 0 Å². The summed E-state index contributed by atoms with van der Waals surface area (Å²) in [6, 6.07) is -0.429. The predicted octanol–water partition coefficient (Wildman–Crippen LogP) is -1.18. The minimum atomic E-state index is -0.708. The van der Waals surface area contributed by atoms with Crippen molar-refractivity contribution in [3.63, 3.8) is 0 Å². The average molecular weight is 250 g/mol. The first-order valence-corrected chi connectivity index (χ1v) is 5.68. The van der Waals surface area contributed by atoms with Crippen molar-refractivity contribution in [3.8, 4) is 12.3 Å². The molecule has 1 aromatic heterocycles. The highest BCUT2D eigenvalue weighted by Crippen LogP contribution is 2.32. The number of aliphatic hydroxyl groups is 2. The van der Waals surface area contributed by atoms with Gasteiger partial charge in [-0.15, -0.1) is 6.42 Å². The third-order valence-electron chi connectivity index (χ3n) is 3.40. The molecule has 3 N–H and O–H groups in total. The van der Waals surface area contributed by atoms with Gasteiger partial charge in [-0.3, -0.25) is 9.36 Å². The fraction of sp³-hybridized carbons (Fsp3) is 0.500. The Morgan fingerprint density at radius 1 is 1.50 bits per heavy atom. The van der Waals surface area contributed by atoms with Gasteiger partial charge in [0.1, 0.15) is 5.56 Å². The normalized spacial score (nSPS) is 27.1. The lowest BCUT2D eigenvalue weighted by atomic mass is 10.1. The van der Waals surface area contributed by atoms with Crippen LogP contribution < -0.4 is 11.2 Å².